The summed E-state index contributed by atoms with van der Waals surface area (Å²) < 4.78 is 24.2. The van der Waals surface area contributed by atoms with E-state index in [1.54, 1.807) is 16.7 Å². The first-order chi connectivity index (χ1) is 16.7. The minimum Gasteiger partial charge on any atom is -0.507 e. The number of aromatic hydroxyl groups is 1. The number of carbonyl (C=O) groups excluding carboxylic acids is 3. The van der Waals surface area contributed by atoms with Crippen LogP contribution in [0.5, 0.6) is 5.75 Å². The third-order valence-corrected chi connectivity index (χ3v) is 5.75. The normalized spacial score (nSPS) is 21.9. The first-order valence-corrected chi connectivity index (χ1v) is 11.2. The van der Waals surface area contributed by atoms with E-state index in [0.717, 1.165) is 11.1 Å². The second-order valence-electron chi connectivity index (χ2n) is 8.42. The van der Waals surface area contributed by atoms with E-state index in [2.05, 4.69) is 0 Å². The summed E-state index contributed by atoms with van der Waals surface area (Å²) in [6.07, 6.45) is -1.71. The van der Waals surface area contributed by atoms with Gasteiger partial charge in [-0.3, -0.25) is 14.4 Å². The number of rotatable bonds is 6. The van der Waals surface area contributed by atoms with Gasteiger partial charge in [0.2, 0.25) is 0 Å². The molecule has 1 N–H and O–H groups in total. The number of nitrogens with zero attached hydrogens (tertiary/aromatic N) is 1. The Morgan fingerprint density at radius 2 is 1.57 bits per heavy atom. The van der Waals surface area contributed by atoms with Crippen molar-refractivity contribution in [3.05, 3.63) is 65.9 Å². The topological polar surface area (TPSA) is 113 Å². The Balaban J connectivity index is 1.80. The molecule has 0 aliphatic carbocycles. The first-order valence-electron chi connectivity index (χ1n) is 11.2. The number of hydrogen-bond acceptors (Lipinski definition) is 8. The van der Waals surface area contributed by atoms with E-state index in [-0.39, 0.29) is 12.4 Å². The van der Waals surface area contributed by atoms with Crippen molar-refractivity contribution in [3.8, 4) is 5.75 Å². The molecule has 184 valence electrons. The summed E-state index contributed by atoms with van der Waals surface area (Å²) in [6, 6.07) is 14.9. The summed E-state index contributed by atoms with van der Waals surface area (Å²) in [4.78, 5) is 35.6. The Kier molecular flexibility index (Phi) is 7.07. The molecule has 4 rings (SSSR count). The molecule has 9 heteroatoms. The van der Waals surface area contributed by atoms with Crippen molar-refractivity contribution in [1.29, 1.82) is 0 Å². The number of ether oxygens (including phenoxy) is 4. The number of fused-ring (bicyclic) bond motifs is 1. The van der Waals surface area contributed by atoms with Crippen LogP contribution >= 0.6 is 0 Å². The zero-order chi connectivity index (χ0) is 25.1. The van der Waals surface area contributed by atoms with Crippen LogP contribution < -0.4 is 0 Å². The summed E-state index contributed by atoms with van der Waals surface area (Å²) in [5.74, 6) is -1.73. The molecule has 0 amide bonds. The molecule has 0 bridgehead atoms. The van der Waals surface area contributed by atoms with Gasteiger partial charge in [-0.15, -0.1) is 0 Å². The van der Waals surface area contributed by atoms with Gasteiger partial charge in [0.05, 0.1) is 12.1 Å². The molecule has 1 saturated heterocycles. The Labute approximate surface area is 202 Å². The maximum Gasteiger partial charge on any atom is 0.303 e. The molecule has 0 saturated carbocycles. The minimum atomic E-state index is -1.11. The first kappa shape index (κ1) is 24.3. The molecule has 2 aromatic carbocycles. The molecule has 35 heavy (non-hydrogen) atoms. The highest BCUT2D eigenvalue weighted by Crippen LogP contribution is 2.38. The van der Waals surface area contributed by atoms with E-state index < -0.39 is 42.4 Å². The number of benzene rings is 2. The summed E-state index contributed by atoms with van der Waals surface area (Å²) in [5.41, 5.74) is 2.52. The van der Waals surface area contributed by atoms with Crippen LogP contribution in [0, 0.1) is 0 Å². The van der Waals surface area contributed by atoms with Gasteiger partial charge in [-0.1, -0.05) is 36.4 Å². The van der Waals surface area contributed by atoms with E-state index >= 15 is 0 Å². The molecular formula is C26H27NO8. The molecular weight excluding hydrogens is 454 g/mol. The zero-order valence-corrected chi connectivity index (χ0v) is 19.7. The fraction of sp³-hybridized carbons (Fsp3) is 0.346. The highest BCUT2D eigenvalue weighted by molar-refractivity contribution is 5.90. The average Bonchev–Trinajstić information content (AvgIpc) is 3.15. The van der Waals surface area contributed by atoms with Gasteiger partial charge >= 0.3 is 17.9 Å². The molecule has 3 aromatic rings. The fourth-order valence-corrected chi connectivity index (χ4v) is 4.50. The van der Waals surface area contributed by atoms with Gasteiger partial charge in [0.15, 0.2) is 24.5 Å². The Hall–Kier alpha value is -3.85. The second kappa shape index (κ2) is 10.2. The van der Waals surface area contributed by atoms with Crippen molar-refractivity contribution in [2.45, 2.75) is 51.7 Å². The SMILES string of the molecule is CC(=O)O[C@@H]1[C@@H](OC(C)=O)[C@H](OC(C)=O)CO[C@H]1n1cc(Cc2ccccc2)c2c(O)cccc21. The molecule has 1 aromatic heterocycles. The molecule has 2 heterocycles. The largest absolute Gasteiger partial charge is 0.507 e. The van der Waals surface area contributed by atoms with Crippen LogP contribution in [-0.4, -0.2) is 52.5 Å². The quantitative estimate of drug-likeness (QED) is 0.422. The van der Waals surface area contributed by atoms with Crippen LogP contribution in [0.2, 0.25) is 0 Å². The van der Waals surface area contributed by atoms with Crippen molar-refractivity contribution in [3.63, 3.8) is 0 Å². The standard InChI is InChI=1S/C26H27NO8/c1-15(28)33-22-14-32-26(25(35-17(3)30)24(22)34-16(2)29)27-13-19(12-18-8-5-4-6-9-18)23-20(27)10-7-11-21(23)31/h4-11,13,22,24-26,31H,12,14H2,1-3H3/t22-,24+,25-,26-/m1/s1. The molecule has 0 unspecified atom stereocenters. The number of phenols is 1. The molecule has 4 atom stereocenters. The number of carbonyl (C=O) groups is 3. The molecule has 1 aliphatic heterocycles. The van der Waals surface area contributed by atoms with Crippen LogP contribution in [0.25, 0.3) is 10.9 Å². The lowest BCUT2D eigenvalue weighted by molar-refractivity contribution is -0.239. The van der Waals surface area contributed by atoms with Gasteiger partial charge in [-0.2, -0.15) is 0 Å². The van der Waals surface area contributed by atoms with Crippen LogP contribution in [0.3, 0.4) is 0 Å². The number of hydrogen-bond donors (Lipinski definition) is 1. The van der Waals surface area contributed by atoms with Crippen LogP contribution in [0.1, 0.15) is 38.1 Å². The minimum absolute atomic E-state index is 0.0908. The van der Waals surface area contributed by atoms with Crippen molar-refractivity contribution < 1.29 is 38.4 Å². The molecule has 1 fully saturated rings. The van der Waals surface area contributed by atoms with E-state index in [4.69, 9.17) is 18.9 Å². The van der Waals surface area contributed by atoms with Crippen LogP contribution in [0.15, 0.2) is 54.7 Å². The Morgan fingerprint density at radius 3 is 2.23 bits per heavy atom. The highest BCUT2D eigenvalue weighted by atomic mass is 16.6. The van der Waals surface area contributed by atoms with Gasteiger partial charge in [0, 0.05) is 32.4 Å². The summed E-state index contributed by atoms with van der Waals surface area (Å²) in [6.45, 7) is 3.60. The lowest BCUT2D eigenvalue weighted by atomic mass is 10.0. The Bertz CT molecular complexity index is 1230. The second-order valence-corrected chi connectivity index (χ2v) is 8.42. The average molecular weight is 482 g/mol. The fourth-order valence-electron chi connectivity index (χ4n) is 4.50. The van der Waals surface area contributed by atoms with E-state index in [1.807, 2.05) is 42.6 Å². The number of phenolic OH excluding ortho intramolecular Hbond substituents is 1. The smallest absolute Gasteiger partial charge is 0.303 e. The van der Waals surface area contributed by atoms with Crippen molar-refractivity contribution in [2.75, 3.05) is 6.61 Å². The Morgan fingerprint density at radius 1 is 0.914 bits per heavy atom. The van der Waals surface area contributed by atoms with E-state index in [9.17, 15) is 19.5 Å². The predicted molar refractivity (Wildman–Crippen MR) is 125 cm³/mol. The van der Waals surface area contributed by atoms with Crippen molar-refractivity contribution in [2.24, 2.45) is 0 Å². The van der Waals surface area contributed by atoms with Gasteiger partial charge in [-0.05, 0) is 29.7 Å². The van der Waals surface area contributed by atoms with Crippen LogP contribution in [0.4, 0.5) is 0 Å². The zero-order valence-electron chi connectivity index (χ0n) is 19.7. The number of esters is 3. The maximum atomic E-state index is 12.0. The van der Waals surface area contributed by atoms with E-state index in [0.29, 0.717) is 17.3 Å². The summed E-state index contributed by atoms with van der Waals surface area (Å²) in [5, 5.41) is 11.3. The maximum absolute atomic E-state index is 12.0. The van der Waals surface area contributed by atoms with E-state index in [1.165, 1.54) is 20.8 Å². The lowest BCUT2D eigenvalue weighted by Crippen LogP contribution is -2.55. The summed E-state index contributed by atoms with van der Waals surface area (Å²) >= 11 is 0. The highest BCUT2D eigenvalue weighted by Gasteiger charge is 2.48. The predicted octanol–water partition coefficient (Wildman–Crippen LogP) is 3.26. The monoisotopic (exact) mass is 481 g/mol. The number of aromatic nitrogens is 1. The molecule has 0 radical (unpaired) electrons. The van der Waals surface area contributed by atoms with Gasteiger partial charge in [0.25, 0.3) is 0 Å². The molecule has 1 aliphatic rings. The van der Waals surface area contributed by atoms with Crippen molar-refractivity contribution in [1.82, 2.24) is 4.57 Å². The molecule has 0 spiro atoms. The molecule has 9 nitrogen and oxygen atoms in total. The lowest BCUT2D eigenvalue weighted by Gasteiger charge is -2.41. The van der Waals surface area contributed by atoms with Gasteiger partial charge in [0.1, 0.15) is 5.75 Å². The van der Waals surface area contributed by atoms with Gasteiger partial charge in [-0.25, -0.2) is 0 Å². The third kappa shape index (κ3) is 5.30. The van der Waals surface area contributed by atoms with Gasteiger partial charge < -0.3 is 28.6 Å². The third-order valence-electron chi connectivity index (χ3n) is 5.75. The van der Waals surface area contributed by atoms with Crippen LogP contribution in [-0.2, 0) is 39.8 Å². The van der Waals surface area contributed by atoms with Crippen molar-refractivity contribution >= 4 is 28.8 Å². The summed E-state index contributed by atoms with van der Waals surface area (Å²) in [7, 11) is 0.